The molecule has 1 aromatic rings. The molecule has 0 aliphatic carbocycles. The summed E-state index contributed by atoms with van der Waals surface area (Å²) in [7, 11) is 3.54. The van der Waals surface area contributed by atoms with Gasteiger partial charge in [-0.15, -0.1) is 0 Å². The van der Waals surface area contributed by atoms with E-state index in [0.717, 1.165) is 17.7 Å². The van der Waals surface area contributed by atoms with Gasteiger partial charge in [0.1, 0.15) is 0 Å². The van der Waals surface area contributed by atoms with Crippen molar-refractivity contribution in [2.75, 3.05) is 7.05 Å². The van der Waals surface area contributed by atoms with Crippen molar-refractivity contribution in [2.24, 2.45) is 7.05 Å². The predicted octanol–water partition coefficient (Wildman–Crippen LogP) is 0.407. The molecule has 4 nitrogen and oxygen atoms in total. The second-order valence-electron chi connectivity index (χ2n) is 3.09. The van der Waals surface area contributed by atoms with Crippen molar-refractivity contribution in [2.45, 2.75) is 19.8 Å². The van der Waals surface area contributed by atoms with Gasteiger partial charge in [-0.25, -0.2) is 0 Å². The van der Waals surface area contributed by atoms with Crippen LogP contribution in [-0.4, -0.2) is 22.7 Å². The van der Waals surface area contributed by atoms with Crippen LogP contribution in [0.15, 0.2) is 6.20 Å². The SMILES string of the molecule is CNC(=O)CCc1cn(C)nc1C. The average molecular weight is 181 g/mol. The normalized spacial score (nSPS) is 10.1. The van der Waals surface area contributed by atoms with Crippen LogP contribution in [0.1, 0.15) is 17.7 Å². The van der Waals surface area contributed by atoms with E-state index >= 15 is 0 Å². The lowest BCUT2D eigenvalue weighted by atomic mass is 10.1. The molecule has 1 N–H and O–H groups in total. The van der Waals surface area contributed by atoms with Crippen LogP contribution in [0.2, 0.25) is 0 Å². The fourth-order valence-electron chi connectivity index (χ4n) is 1.27. The highest BCUT2D eigenvalue weighted by molar-refractivity contribution is 5.75. The highest BCUT2D eigenvalue weighted by Gasteiger charge is 2.04. The predicted molar refractivity (Wildman–Crippen MR) is 50.3 cm³/mol. The first-order valence-electron chi connectivity index (χ1n) is 4.33. The molecule has 1 heterocycles. The fourth-order valence-corrected chi connectivity index (χ4v) is 1.27. The van der Waals surface area contributed by atoms with Gasteiger partial charge in [0.05, 0.1) is 5.69 Å². The van der Waals surface area contributed by atoms with Crippen molar-refractivity contribution in [1.82, 2.24) is 15.1 Å². The molecule has 0 fully saturated rings. The third-order valence-corrected chi connectivity index (χ3v) is 2.02. The molecule has 13 heavy (non-hydrogen) atoms. The molecule has 1 amide bonds. The molecular weight excluding hydrogens is 166 g/mol. The number of hydrogen-bond donors (Lipinski definition) is 1. The lowest BCUT2D eigenvalue weighted by Crippen LogP contribution is -2.17. The van der Waals surface area contributed by atoms with E-state index in [9.17, 15) is 4.79 Å². The second kappa shape index (κ2) is 4.07. The minimum absolute atomic E-state index is 0.0725. The summed E-state index contributed by atoms with van der Waals surface area (Å²) >= 11 is 0. The molecule has 4 heteroatoms. The van der Waals surface area contributed by atoms with Crippen LogP contribution in [0.5, 0.6) is 0 Å². The first-order valence-corrected chi connectivity index (χ1v) is 4.33. The van der Waals surface area contributed by atoms with Crippen LogP contribution in [-0.2, 0) is 18.3 Å². The zero-order valence-corrected chi connectivity index (χ0v) is 8.29. The third kappa shape index (κ3) is 2.57. The molecule has 0 atom stereocenters. The van der Waals surface area contributed by atoms with E-state index in [1.807, 2.05) is 20.2 Å². The first-order chi connectivity index (χ1) is 6.13. The Morgan fingerprint density at radius 3 is 2.85 bits per heavy atom. The Balaban J connectivity index is 2.54. The van der Waals surface area contributed by atoms with Gasteiger partial charge in [0.15, 0.2) is 0 Å². The van der Waals surface area contributed by atoms with Crippen molar-refractivity contribution in [3.63, 3.8) is 0 Å². The minimum Gasteiger partial charge on any atom is -0.359 e. The monoisotopic (exact) mass is 181 g/mol. The molecule has 72 valence electrons. The topological polar surface area (TPSA) is 46.9 Å². The Hall–Kier alpha value is -1.32. The first kappa shape index (κ1) is 9.77. The molecule has 0 aliphatic rings. The van der Waals surface area contributed by atoms with Crippen LogP contribution in [0.3, 0.4) is 0 Å². The van der Waals surface area contributed by atoms with Crippen molar-refractivity contribution < 1.29 is 4.79 Å². The maximum atomic E-state index is 11.0. The highest BCUT2D eigenvalue weighted by Crippen LogP contribution is 2.07. The average Bonchev–Trinajstić information content (AvgIpc) is 2.41. The van der Waals surface area contributed by atoms with Crippen molar-refractivity contribution in [3.8, 4) is 0 Å². The van der Waals surface area contributed by atoms with Gasteiger partial charge in [0.25, 0.3) is 0 Å². The Morgan fingerprint density at radius 2 is 2.38 bits per heavy atom. The van der Waals surface area contributed by atoms with Gasteiger partial charge in [-0.1, -0.05) is 0 Å². The maximum Gasteiger partial charge on any atom is 0.220 e. The zero-order valence-electron chi connectivity index (χ0n) is 8.29. The van der Waals surface area contributed by atoms with Crippen molar-refractivity contribution in [3.05, 3.63) is 17.5 Å². The zero-order chi connectivity index (χ0) is 9.84. The van der Waals surface area contributed by atoms with Crippen LogP contribution in [0.4, 0.5) is 0 Å². The number of carbonyl (C=O) groups excluding carboxylic acids is 1. The van der Waals surface area contributed by atoms with Gasteiger partial charge < -0.3 is 5.32 Å². The number of aryl methyl sites for hydroxylation is 3. The molecular formula is C9H15N3O. The molecule has 0 aromatic carbocycles. The van der Waals surface area contributed by atoms with E-state index in [4.69, 9.17) is 0 Å². The van der Waals surface area contributed by atoms with E-state index in [2.05, 4.69) is 10.4 Å². The summed E-state index contributed by atoms with van der Waals surface area (Å²) in [6.45, 7) is 1.96. The summed E-state index contributed by atoms with van der Waals surface area (Å²) in [5.41, 5.74) is 2.15. The molecule has 0 bridgehead atoms. The number of carbonyl (C=O) groups is 1. The Labute approximate surface area is 77.9 Å². The van der Waals surface area contributed by atoms with E-state index in [1.54, 1.807) is 11.7 Å². The number of nitrogens with zero attached hydrogens (tertiary/aromatic N) is 2. The number of nitrogens with one attached hydrogen (secondary N) is 1. The molecule has 0 spiro atoms. The molecule has 1 aromatic heterocycles. The van der Waals surface area contributed by atoms with Gasteiger partial charge >= 0.3 is 0 Å². The second-order valence-corrected chi connectivity index (χ2v) is 3.09. The van der Waals surface area contributed by atoms with E-state index < -0.39 is 0 Å². The summed E-state index contributed by atoms with van der Waals surface area (Å²) in [5.74, 6) is 0.0725. The van der Waals surface area contributed by atoms with Crippen LogP contribution in [0, 0.1) is 6.92 Å². The summed E-state index contributed by atoms with van der Waals surface area (Å²) < 4.78 is 1.77. The number of aromatic nitrogens is 2. The number of rotatable bonds is 3. The van der Waals surface area contributed by atoms with Gasteiger partial charge in [0, 0.05) is 26.7 Å². The minimum atomic E-state index is 0.0725. The van der Waals surface area contributed by atoms with Crippen LogP contribution in [0.25, 0.3) is 0 Å². The van der Waals surface area contributed by atoms with E-state index in [-0.39, 0.29) is 5.91 Å². The third-order valence-electron chi connectivity index (χ3n) is 2.02. The van der Waals surface area contributed by atoms with Gasteiger partial charge in [-0.3, -0.25) is 9.48 Å². The lowest BCUT2D eigenvalue weighted by molar-refractivity contribution is -0.120. The quantitative estimate of drug-likeness (QED) is 0.734. The van der Waals surface area contributed by atoms with Crippen molar-refractivity contribution >= 4 is 5.91 Å². The lowest BCUT2D eigenvalue weighted by Gasteiger charge is -1.97. The van der Waals surface area contributed by atoms with E-state index in [1.165, 1.54) is 0 Å². The van der Waals surface area contributed by atoms with Gasteiger partial charge in [-0.2, -0.15) is 5.10 Å². The highest BCUT2D eigenvalue weighted by atomic mass is 16.1. The smallest absolute Gasteiger partial charge is 0.220 e. The fraction of sp³-hybridized carbons (Fsp3) is 0.556. The van der Waals surface area contributed by atoms with Gasteiger partial charge in [0.2, 0.25) is 5.91 Å². The molecule has 0 saturated heterocycles. The van der Waals surface area contributed by atoms with Crippen molar-refractivity contribution in [1.29, 1.82) is 0 Å². The Kier molecular flexibility index (Phi) is 3.06. The van der Waals surface area contributed by atoms with Crippen LogP contribution < -0.4 is 5.32 Å². The number of hydrogen-bond acceptors (Lipinski definition) is 2. The molecule has 1 rings (SSSR count). The molecule has 0 saturated carbocycles. The summed E-state index contributed by atoms with van der Waals surface area (Å²) in [6.07, 6.45) is 3.25. The number of amides is 1. The molecule has 0 radical (unpaired) electrons. The molecule has 0 aliphatic heterocycles. The standard InChI is InChI=1S/C9H15N3O/c1-7-8(6-12(3)11-7)4-5-9(13)10-2/h6H,4-5H2,1-3H3,(H,10,13). The maximum absolute atomic E-state index is 11.0. The summed E-state index contributed by atoms with van der Waals surface area (Å²) in [6, 6.07) is 0. The summed E-state index contributed by atoms with van der Waals surface area (Å²) in [4.78, 5) is 11.0. The van der Waals surface area contributed by atoms with E-state index in [0.29, 0.717) is 6.42 Å². The Bertz CT molecular complexity index is 304. The Morgan fingerprint density at radius 1 is 1.69 bits per heavy atom. The summed E-state index contributed by atoms with van der Waals surface area (Å²) in [5, 5.41) is 6.80. The largest absolute Gasteiger partial charge is 0.359 e. The van der Waals surface area contributed by atoms with Crippen LogP contribution >= 0.6 is 0 Å². The molecule has 0 unspecified atom stereocenters. The van der Waals surface area contributed by atoms with Gasteiger partial charge in [-0.05, 0) is 18.9 Å².